The van der Waals surface area contributed by atoms with Crippen molar-refractivity contribution in [1.82, 2.24) is 9.80 Å². The summed E-state index contributed by atoms with van der Waals surface area (Å²) >= 11 is 0. The molecule has 4 nitrogen and oxygen atoms in total. The molecule has 2 saturated heterocycles. The molecule has 3 fully saturated rings. The average molecular weight is 401 g/mol. The van der Waals surface area contributed by atoms with Crippen molar-refractivity contribution < 1.29 is 9.47 Å². The lowest BCUT2D eigenvalue weighted by Gasteiger charge is -2.38. The Morgan fingerprint density at radius 1 is 0.966 bits per heavy atom. The molecular formula is C25H40N2O2. The first-order chi connectivity index (χ1) is 14.3. The third-order valence-electron chi connectivity index (χ3n) is 7.13. The maximum atomic E-state index is 5.98. The molecule has 1 aromatic rings. The summed E-state index contributed by atoms with van der Waals surface area (Å²) in [6, 6.07) is 9.58. The van der Waals surface area contributed by atoms with Gasteiger partial charge in [-0.1, -0.05) is 25.0 Å². The van der Waals surface area contributed by atoms with Crippen molar-refractivity contribution in [3.05, 3.63) is 29.8 Å². The second kappa shape index (κ2) is 10.8. The number of benzene rings is 1. The molecule has 0 amide bonds. The standard InChI is InChI=1S/C25H40N2O2/c1-2-28-24-11-9-21(10-12-24)18-26(20-25-8-5-17-29-25)19-22-13-15-27(16-14-22)23-6-3-4-7-23/h9-12,22-23,25H,2-8,13-20H2,1H3/t25-/m0/s1. The third kappa shape index (κ3) is 6.19. The van der Waals surface area contributed by atoms with E-state index in [1.165, 1.54) is 76.6 Å². The van der Waals surface area contributed by atoms with Crippen LogP contribution in [0.15, 0.2) is 24.3 Å². The van der Waals surface area contributed by atoms with E-state index in [0.29, 0.717) is 6.10 Å². The van der Waals surface area contributed by atoms with E-state index in [4.69, 9.17) is 9.47 Å². The zero-order valence-corrected chi connectivity index (χ0v) is 18.4. The van der Waals surface area contributed by atoms with E-state index in [2.05, 4.69) is 34.1 Å². The highest BCUT2D eigenvalue weighted by molar-refractivity contribution is 5.27. The van der Waals surface area contributed by atoms with E-state index >= 15 is 0 Å². The van der Waals surface area contributed by atoms with Crippen LogP contribution in [0.3, 0.4) is 0 Å². The van der Waals surface area contributed by atoms with Crippen molar-refractivity contribution >= 4 is 0 Å². The molecule has 4 heteroatoms. The van der Waals surface area contributed by atoms with Gasteiger partial charge in [-0.2, -0.15) is 0 Å². The molecule has 1 atom stereocenters. The molecule has 2 aliphatic heterocycles. The minimum Gasteiger partial charge on any atom is -0.494 e. The van der Waals surface area contributed by atoms with Crippen LogP contribution in [0, 0.1) is 5.92 Å². The Morgan fingerprint density at radius 2 is 1.72 bits per heavy atom. The molecule has 0 spiro atoms. The first-order valence-corrected chi connectivity index (χ1v) is 12.1. The molecule has 0 unspecified atom stereocenters. The average Bonchev–Trinajstić information content (AvgIpc) is 3.45. The SMILES string of the molecule is CCOc1ccc(CN(CC2CCN(C3CCCC3)CC2)C[C@@H]2CCCO2)cc1. The van der Waals surface area contributed by atoms with E-state index in [0.717, 1.165) is 44.0 Å². The first kappa shape index (κ1) is 21.1. The van der Waals surface area contributed by atoms with Gasteiger partial charge in [0, 0.05) is 32.3 Å². The van der Waals surface area contributed by atoms with Gasteiger partial charge >= 0.3 is 0 Å². The lowest BCUT2D eigenvalue weighted by Crippen LogP contribution is -2.43. The van der Waals surface area contributed by atoms with Gasteiger partial charge in [-0.15, -0.1) is 0 Å². The summed E-state index contributed by atoms with van der Waals surface area (Å²) in [5, 5.41) is 0. The normalized spacial score (nSPS) is 24.6. The largest absolute Gasteiger partial charge is 0.494 e. The summed E-state index contributed by atoms with van der Waals surface area (Å²) in [5.74, 6) is 1.80. The Hall–Kier alpha value is -1.10. The van der Waals surface area contributed by atoms with Crippen LogP contribution in [-0.4, -0.2) is 61.3 Å². The lowest BCUT2D eigenvalue weighted by molar-refractivity contribution is 0.0540. The third-order valence-corrected chi connectivity index (χ3v) is 7.13. The molecule has 0 aromatic heterocycles. The molecule has 0 N–H and O–H groups in total. The number of piperidine rings is 1. The molecule has 1 saturated carbocycles. The monoisotopic (exact) mass is 400 g/mol. The quantitative estimate of drug-likeness (QED) is 0.599. The maximum absolute atomic E-state index is 5.98. The van der Waals surface area contributed by atoms with Crippen LogP contribution in [0.1, 0.15) is 63.9 Å². The zero-order valence-electron chi connectivity index (χ0n) is 18.4. The van der Waals surface area contributed by atoms with Crippen molar-refractivity contribution in [2.45, 2.75) is 77.0 Å². The molecule has 3 aliphatic rings. The highest BCUT2D eigenvalue weighted by Gasteiger charge is 2.28. The molecule has 2 heterocycles. The lowest BCUT2D eigenvalue weighted by atomic mass is 9.94. The Labute approximate surface area is 177 Å². The van der Waals surface area contributed by atoms with E-state index < -0.39 is 0 Å². The van der Waals surface area contributed by atoms with Crippen molar-refractivity contribution in [1.29, 1.82) is 0 Å². The number of ether oxygens (including phenoxy) is 2. The van der Waals surface area contributed by atoms with Gasteiger partial charge in [0.2, 0.25) is 0 Å². The second-order valence-corrected chi connectivity index (χ2v) is 9.32. The van der Waals surface area contributed by atoms with Gasteiger partial charge in [0.1, 0.15) is 5.75 Å². The minimum absolute atomic E-state index is 0.427. The van der Waals surface area contributed by atoms with Crippen LogP contribution >= 0.6 is 0 Å². The van der Waals surface area contributed by atoms with Crippen molar-refractivity contribution in [3.63, 3.8) is 0 Å². The van der Waals surface area contributed by atoms with Gasteiger partial charge in [-0.25, -0.2) is 0 Å². The number of hydrogen-bond donors (Lipinski definition) is 0. The summed E-state index contributed by atoms with van der Waals surface area (Å²) in [4.78, 5) is 5.46. The predicted octanol–water partition coefficient (Wildman–Crippen LogP) is 4.72. The van der Waals surface area contributed by atoms with E-state index in [1.54, 1.807) is 0 Å². The highest BCUT2D eigenvalue weighted by Crippen LogP contribution is 2.29. The summed E-state index contributed by atoms with van der Waals surface area (Å²) < 4.78 is 11.6. The Kier molecular flexibility index (Phi) is 7.87. The summed E-state index contributed by atoms with van der Waals surface area (Å²) in [6.45, 7) is 9.65. The number of hydrogen-bond acceptors (Lipinski definition) is 4. The molecular weight excluding hydrogens is 360 g/mol. The zero-order chi connectivity index (χ0) is 19.9. The molecule has 0 bridgehead atoms. The number of likely N-dealkylation sites (tertiary alicyclic amines) is 1. The molecule has 0 radical (unpaired) electrons. The summed E-state index contributed by atoms with van der Waals surface area (Å²) in [5.41, 5.74) is 1.38. The topological polar surface area (TPSA) is 24.9 Å². The molecule has 29 heavy (non-hydrogen) atoms. The van der Waals surface area contributed by atoms with Crippen LogP contribution in [-0.2, 0) is 11.3 Å². The van der Waals surface area contributed by atoms with Crippen LogP contribution < -0.4 is 4.74 Å². The van der Waals surface area contributed by atoms with E-state index in [-0.39, 0.29) is 0 Å². The number of nitrogens with zero attached hydrogens (tertiary/aromatic N) is 2. The Bertz CT molecular complexity index is 585. The fourth-order valence-electron chi connectivity index (χ4n) is 5.53. The van der Waals surface area contributed by atoms with Gasteiger partial charge in [-0.3, -0.25) is 4.90 Å². The maximum Gasteiger partial charge on any atom is 0.119 e. The molecule has 162 valence electrons. The van der Waals surface area contributed by atoms with Gasteiger partial charge in [-0.05, 0) is 82.2 Å². The number of rotatable bonds is 9. The summed E-state index contributed by atoms with van der Waals surface area (Å²) in [7, 11) is 0. The Morgan fingerprint density at radius 3 is 2.38 bits per heavy atom. The van der Waals surface area contributed by atoms with E-state index in [9.17, 15) is 0 Å². The van der Waals surface area contributed by atoms with Crippen LogP contribution in [0.4, 0.5) is 0 Å². The molecule has 4 rings (SSSR count). The second-order valence-electron chi connectivity index (χ2n) is 9.32. The molecule has 1 aliphatic carbocycles. The fourth-order valence-corrected chi connectivity index (χ4v) is 5.53. The van der Waals surface area contributed by atoms with Crippen molar-refractivity contribution in [3.8, 4) is 5.75 Å². The van der Waals surface area contributed by atoms with Crippen LogP contribution in [0.2, 0.25) is 0 Å². The minimum atomic E-state index is 0.427. The van der Waals surface area contributed by atoms with Gasteiger partial charge in [0.15, 0.2) is 0 Å². The summed E-state index contributed by atoms with van der Waals surface area (Å²) in [6.07, 6.45) is 11.4. The highest BCUT2D eigenvalue weighted by atomic mass is 16.5. The van der Waals surface area contributed by atoms with Crippen molar-refractivity contribution in [2.75, 3.05) is 39.4 Å². The van der Waals surface area contributed by atoms with E-state index in [1.807, 2.05) is 6.92 Å². The fraction of sp³-hybridized carbons (Fsp3) is 0.760. The Balaban J connectivity index is 1.31. The van der Waals surface area contributed by atoms with Gasteiger partial charge < -0.3 is 14.4 Å². The van der Waals surface area contributed by atoms with Crippen LogP contribution in [0.25, 0.3) is 0 Å². The van der Waals surface area contributed by atoms with Crippen LogP contribution in [0.5, 0.6) is 5.75 Å². The van der Waals surface area contributed by atoms with Gasteiger partial charge in [0.05, 0.1) is 12.7 Å². The smallest absolute Gasteiger partial charge is 0.119 e. The van der Waals surface area contributed by atoms with Gasteiger partial charge in [0.25, 0.3) is 0 Å². The predicted molar refractivity (Wildman–Crippen MR) is 118 cm³/mol. The van der Waals surface area contributed by atoms with Crippen molar-refractivity contribution in [2.24, 2.45) is 5.92 Å². The molecule has 1 aromatic carbocycles. The first-order valence-electron chi connectivity index (χ1n) is 12.1.